The monoisotopic (exact) mass is 240 g/mol. The molecular formula is C10H16N4OS. The summed E-state index contributed by atoms with van der Waals surface area (Å²) in [5.41, 5.74) is 3.12. The molecule has 2 rings (SSSR count). The number of aromatic nitrogens is 1. The van der Waals surface area contributed by atoms with Gasteiger partial charge in [-0.25, -0.2) is 10.8 Å². The third kappa shape index (κ3) is 2.40. The molecule has 0 radical (unpaired) electrons. The molecule has 88 valence electrons. The molecule has 0 bridgehead atoms. The van der Waals surface area contributed by atoms with Gasteiger partial charge in [0.25, 0.3) is 5.91 Å². The molecule has 0 aliphatic heterocycles. The van der Waals surface area contributed by atoms with Crippen LogP contribution in [0.5, 0.6) is 0 Å². The van der Waals surface area contributed by atoms with Crippen LogP contribution in [0.25, 0.3) is 0 Å². The molecule has 1 aromatic heterocycles. The van der Waals surface area contributed by atoms with Crippen LogP contribution in [0.15, 0.2) is 0 Å². The van der Waals surface area contributed by atoms with Gasteiger partial charge in [-0.2, -0.15) is 0 Å². The van der Waals surface area contributed by atoms with Crippen molar-refractivity contribution < 1.29 is 4.79 Å². The summed E-state index contributed by atoms with van der Waals surface area (Å²) >= 11 is 1.44. The second-order valence-corrected chi connectivity index (χ2v) is 5.39. The third-order valence-electron chi connectivity index (χ3n) is 2.45. The molecule has 0 aromatic carbocycles. The molecule has 0 saturated heterocycles. The molecule has 1 aliphatic rings. The largest absolute Gasteiger partial charge is 0.303 e. The number of nitrogens with one attached hydrogen (secondary N) is 1. The van der Waals surface area contributed by atoms with Crippen molar-refractivity contribution in [1.82, 2.24) is 15.3 Å². The van der Waals surface area contributed by atoms with E-state index in [9.17, 15) is 4.79 Å². The van der Waals surface area contributed by atoms with Gasteiger partial charge in [-0.1, -0.05) is 0 Å². The Hall–Kier alpha value is -0.980. The smallest absolute Gasteiger partial charge is 0.277 e. The molecule has 1 heterocycles. The molecule has 0 spiro atoms. The molecule has 6 heteroatoms. The van der Waals surface area contributed by atoms with Crippen LogP contribution in [0.1, 0.15) is 39.1 Å². The van der Waals surface area contributed by atoms with Gasteiger partial charge in [0, 0.05) is 12.5 Å². The van der Waals surface area contributed by atoms with E-state index in [1.54, 1.807) is 0 Å². The standard InChI is InChI=1S/C10H16N4OS/c1-14(2)5-7-12-8(6-3-4-6)9(16-7)10(15)13-11/h6H,3-5,11H2,1-2H3,(H,13,15). The van der Waals surface area contributed by atoms with Gasteiger partial charge in [-0.05, 0) is 26.9 Å². The molecule has 1 saturated carbocycles. The van der Waals surface area contributed by atoms with Crippen LogP contribution in [0.2, 0.25) is 0 Å². The summed E-state index contributed by atoms with van der Waals surface area (Å²) in [5.74, 6) is 5.43. The first-order valence-electron chi connectivity index (χ1n) is 5.27. The Morgan fingerprint density at radius 1 is 1.62 bits per heavy atom. The first-order valence-corrected chi connectivity index (χ1v) is 6.08. The lowest BCUT2D eigenvalue weighted by Crippen LogP contribution is -2.30. The maximum absolute atomic E-state index is 11.6. The zero-order chi connectivity index (χ0) is 11.7. The number of carbonyl (C=O) groups is 1. The topological polar surface area (TPSA) is 71.2 Å². The zero-order valence-electron chi connectivity index (χ0n) is 9.49. The summed E-state index contributed by atoms with van der Waals surface area (Å²) in [7, 11) is 3.97. The summed E-state index contributed by atoms with van der Waals surface area (Å²) in [4.78, 5) is 18.9. The fourth-order valence-corrected chi connectivity index (χ4v) is 2.75. The van der Waals surface area contributed by atoms with Crippen molar-refractivity contribution >= 4 is 17.2 Å². The molecule has 1 aliphatic carbocycles. The molecule has 16 heavy (non-hydrogen) atoms. The van der Waals surface area contributed by atoms with Crippen molar-refractivity contribution in [2.75, 3.05) is 14.1 Å². The van der Waals surface area contributed by atoms with E-state index >= 15 is 0 Å². The van der Waals surface area contributed by atoms with E-state index < -0.39 is 0 Å². The van der Waals surface area contributed by atoms with Gasteiger partial charge < -0.3 is 4.90 Å². The Balaban J connectivity index is 2.26. The van der Waals surface area contributed by atoms with Crippen molar-refractivity contribution in [3.8, 4) is 0 Å². The highest BCUT2D eigenvalue weighted by molar-refractivity contribution is 7.13. The number of amides is 1. The van der Waals surface area contributed by atoms with E-state index in [4.69, 9.17) is 5.84 Å². The van der Waals surface area contributed by atoms with Gasteiger partial charge in [0.2, 0.25) is 0 Å². The number of thiazole rings is 1. The lowest BCUT2D eigenvalue weighted by molar-refractivity contribution is 0.0956. The van der Waals surface area contributed by atoms with E-state index in [1.807, 2.05) is 19.0 Å². The Kier molecular flexibility index (Phi) is 3.22. The van der Waals surface area contributed by atoms with Crippen LogP contribution >= 0.6 is 11.3 Å². The average molecular weight is 240 g/mol. The Bertz CT molecular complexity index is 398. The van der Waals surface area contributed by atoms with E-state index in [1.165, 1.54) is 11.3 Å². The van der Waals surface area contributed by atoms with E-state index in [-0.39, 0.29) is 5.91 Å². The Morgan fingerprint density at radius 3 is 2.81 bits per heavy atom. The molecule has 3 N–H and O–H groups in total. The van der Waals surface area contributed by atoms with E-state index in [0.29, 0.717) is 10.8 Å². The van der Waals surface area contributed by atoms with E-state index in [2.05, 4.69) is 10.4 Å². The summed E-state index contributed by atoms with van der Waals surface area (Å²) in [5, 5.41) is 0.977. The minimum atomic E-state index is -0.218. The highest BCUT2D eigenvalue weighted by Gasteiger charge is 2.31. The minimum Gasteiger partial charge on any atom is -0.303 e. The SMILES string of the molecule is CN(C)Cc1nc(C2CC2)c(C(=O)NN)s1. The van der Waals surface area contributed by atoms with Gasteiger partial charge >= 0.3 is 0 Å². The second kappa shape index (κ2) is 4.48. The number of hydrogen-bond acceptors (Lipinski definition) is 5. The number of nitrogens with zero attached hydrogens (tertiary/aromatic N) is 2. The van der Waals surface area contributed by atoms with Gasteiger partial charge in [-0.3, -0.25) is 10.2 Å². The maximum atomic E-state index is 11.6. The first-order chi connectivity index (χ1) is 7.61. The zero-order valence-corrected chi connectivity index (χ0v) is 10.3. The molecule has 0 atom stereocenters. The minimum absolute atomic E-state index is 0.218. The number of nitrogen functional groups attached to an aromatic ring is 1. The van der Waals surface area contributed by atoms with Crippen molar-refractivity contribution in [3.63, 3.8) is 0 Å². The van der Waals surface area contributed by atoms with Gasteiger partial charge in [0.15, 0.2) is 0 Å². The first kappa shape index (κ1) is 11.5. The number of nitrogens with two attached hydrogens (primary N) is 1. The summed E-state index contributed by atoms with van der Waals surface area (Å²) < 4.78 is 0. The quantitative estimate of drug-likeness (QED) is 0.461. The van der Waals surface area contributed by atoms with Crippen LogP contribution in [-0.2, 0) is 6.54 Å². The highest BCUT2D eigenvalue weighted by Crippen LogP contribution is 2.42. The van der Waals surface area contributed by atoms with Crippen LogP contribution in [0.4, 0.5) is 0 Å². The second-order valence-electron chi connectivity index (χ2n) is 4.31. The number of hydrazine groups is 1. The Morgan fingerprint density at radius 2 is 2.31 bits per heavy atom. The predicted octanol–water partition coefficient (Wildman–Crippen LogP) is 0.686. The van der Waals surface area contributed by atoms with Crippen molar-refractivity contribution in [2.45, 2.75) is 25.3 Å². The normalized spacial score (nSPS) is 15.5. The fourth-order valence-electron chi connectivity index (χ4n) is 1.58. The van der Waals surface area contributed by atoms with E-state index in [0.717, 1.165) is 30.1 Å². The molecule has 1 fully saturated rings. The lowest BCUT2D eigenvalue weighted by atomic mass is 10.2. The van der Waals surface area contributed by atoms with Crippen molar-refractivity contribution in [1.29, 1.82) is 0 Å². The maximum Gasteiger partial charge on any atom is 0.277 e. The summed E-state index contributed by atoms with van der Waals surface area (Å²) in [6.07, 6.45) is 2.27. The van der Waals surface area contributed by atoms with Crippen LogP contribution < -0.4 is 11.3 Å². The van der Waals surface area contributed by atoms with Gasteiger partial charge in [-0.15, -0.1) is 11.3 Å². The Labute approximate surface area is 98.6 Å². The molecule has 1 amide bonds. The third-order valence-corrected chi connectivity index (χ3v) is 3.51. The number of carbonyl (C=O) groups excluding carboxylic acids is 1. The molecular weight excluding hydrogens is 224 g/mol. The van der Waals surface area contributed by atoms with Crippen LogP contribution in [0, 0.1) is 0 Å². The average Bonchev–Trinajstić information content (AvgIpc) is 2.99. The number of hydrogen-bond donors (Lipinski definition) is 2. The van der Waals surface area contributed by atoms with Crippen LogP contribution in [0.3, 0.4) is 0 Å². The molecule has 5 nitrogen and oxygen atoms in total. The fraction of sp³-hybridized carbons (Fsp3) is 0.600. The van der Waals surface area contributed by atoms with Crippen molar-refractivity contribution in [2.24, 2.45) is 5.84 Å². The lowest BCUT2D eigenvalue weighted by Gasteiger charge is -2.04. The number of rotatable bonds is 4. The predicted molar refractivity (Wildman–Crippen MR) is 63.1 cm³/mol. The highest BCUT2D eigenvalue weighted by atomic mass is 32.1. The molecule has 0 unspecified atom stereocenters. The molecule has 1 aromatic rings. The summed E-state index contributed by atoms with van der Waals surface area (Å²) in [6, 6.07) is 0. The summed E-state index contributed by atoms with van der Waals surface area (Å²) in [6.45, 7) is 0.766. The van der Waals surface area contributed by atoms with Gasteiger partial charge in [0.1, 0.15) is 9.88 Å². The van der Waals surface area contributed by atoms with Gasteiger partial charge in [0.05, 0.1) is 5.69 Å². The van der Waals surface area contributed by atoms with Crippen LogP contribution in [-0.4, -0.2) is 29.9 Å². The van der Waals surface area contributed by atoms with Crippen molar-refractivity contribution in [3.05, 3.63) is 15.6 Å².